The molecule has 0 spiro atoms. The SMILES string of the molecule is O=C(NCC1(C(=O)O)CCOCC1)c1csc(C2CCCO2)n1. The molecule has 0 aliphatic carbocycles. The van der Waals surface area contributed by atoms with Gasteiger partial charge in [-0.05, 0) is 25.7 Å². The Kier molecular flexibility index (Phi) is 4.93. The second-order valence-electron chi connectivity index (χ2n) is 5.95. The van der Waals surface area contributed by atoms with Crippen LogP contribution >= 0.6 is 11.3 Å². The van der Waals surface area contributed by atoms with E-state index in [-0.39, 0.29) is 18.6 Å². The van der Waals surface area contributed by atoms with E-state index in [9.17, 15) is 14.7 Å². The van der Waals surface area contributed by atoms with E-state index >= 15 is 0 Å². The topological polar surface area (TPSA) is 97.8 Å². The number of ether oxygens (including phenoxy) is 2. The van der Waals surface area contributed by atoms with E-state index in [2.05, 4.69) is 10.3 Å². The number of amides is 1. The molecule has 8 heteroatoms. The number of aromatic nitrogens is 1. The Morgan fingerprint density at radius 1 is 1.39 bits per heavy atom. The minimum atomic E-state index is -0.943. The highest BCUT2D eigenvalue weighted by Crippen LogP contribution is 2.31. The van der Waals surface area contributed by atoms with Gasteiger partial charge >= 0.3 is 5.97 Å². The molecule has 0 saturated carbocycles. The fourth-order valence-electron chi connectivity index (χ4n) is 2.88. The standard InChI is InChI=1S/C15H20N2O5S/c18-12(10-8-23-13(17-10)11-2-1-5-22-11)16-9-15(14(19)20)3-6-21-7-4-15/h8,11H,1-7,9H2,(H,16,18)(H,19,20). The quantitative estimate of drug-likeness (QED) is 0.845. The Bertz CT molecular complexity index is 576. The van der Waals surface area contributed by atoms with Gasteiger partial charge in [-0.25, -0.2) is 4.98 Å². The van der Waals surface area contributed by atoms with Crippen LogP contribution in [-0.4, -0.2) is 48.3 Å². The molecule has 1 amide bonds. The smallest absolute Gasteiger partial charge is 0.311 e. The molecule has 2 aliphatic heterocycles. The van der Waals surface area contributed by atoms with Crippen molar-refractivity contribution in [2.75, 3.05) is 26.4 Å². The number of rotatable bonds is 5. The van der Waals surface area contributed by atoms with Crippen molar-refractivity contribution in [2.45, 2.75) is 31.8 Å². The number of carboxylic acids is 1. The molecule has 2 aliphatic rings. The number of hydrogen-bond acceptors (Lipinski definition) is 6. The lowest BCUT2D eigenvalue weighted by Crippen LogP contribution is -2.46. The number of hydrogen-bond donors (Lipinski definition) is 2. The largest absolute Gasteiger partial charge is 0.481 e. The summed E-state index contributed by atoms with van der Waals surface area (Å²) in [6.07, 6.45) is 2.73. The van der Waals surface area contributed by atoms with Crippen LogP contribution in [0.15, 0.2) is 5.38 Å². The highest BCUT2D eigenvalue weighted by Gasteiger charge is 2.40. The number of thiazole rings is 1. The van der Waals surface area contributed by atoms with Crippen molar-refractivity contribution < 1.29 is 24.2 Å². The van der Waals surface area contributed by atoms with Gasteiger partial charge in [-0.1, -0.05) is 0 Å². The maximum atomic E-state index is 12.2. The molecule has 1 unspecified atom stereocenters. The Hall–Kier alpha value is -1.51. The molecule has 1 atom stereocenters. The molecular weight excluding hydrogens is 320 g/mol. The predicted molar refractivity (Wildman–Crippen MR) is 82.5 cm³/mol. The zero-order chi connectivity index (χ0) is 16.3. The summed E-state index contributed by atoms with van der Waals surface area (Å²) in [6.45, 7) is 1.64. The number of aliphatic carboxylic acids is 1. The van der Waals surface area contributed by atoms with Crippen LogP contribution in [0.5, 0.6) is 0 Å². The Morgan fingerprint density at radius 2 is 2.17 bits per heavy atom. The van der Waals surface area contributed by atoms with Crippen molar-refractivity contribution in [3.8, 4) is 0 Å². The Morgan fingerprint density at radius 3 is 2.83 bits per heavy atom. The van der Waals surface area contributed by atoms with Crippen LogP contribution in [0.25, 0.3) is 0 Å². The van der Waals surface area contributed by atoms with Crippen molar-refractivity contribution in [3.63, 3.8) is 0 Å². The van der Waals surface area contributed by atoms with Gasteiger partial charge in [0.05, 0.1) is 5.41 Å². The molecule has 2 fully saturated rings. The first-order chi connectivity index (χ1) is 11.1. The monoisotopic (exact) mass is 340 g/mol. The lowest BCUT2D eigenvalue weighted by molar-refractivity contribution is -0.154. The zero-order valence-corrected chi connectivity index (χ0v) is 13.6. The summed E-state index contributed by atoms with van der Waals surface area (Å²) in [5, 5.41) is 14.7. The van der Waals surface area contributed by atoms with Crippen molar-refractivity contribution >= 4 is 23.2 Å². The number of carbonyl (C=O) groups excluding carboxylic acids is 1. The third kappa shape index (κ3) is 3.54. The molecule has 1 aromatic heterocycles. The van der Waals surface area contributed by atoms with E-state index in [1.54, 1.807) is 5.38 Å². The van der Waals surface area contributed by atoms with Crippen LogP contribution in [0.1, 0.15) is 47.3 Å². The van der Waals surface area contributed by atoms with Crippen LogP contribution < -0.4 is 5.32 Å². The highest BCUT2D eigenvalue weighted by molar-refractivity contribution is 7.09. The van der Waals surface area contributed by atoms with Crippen LogP contribution in [-0.2, 0) is 14.3 Å². The molecule has 0 bridgehead atoms. The maximum Gasteiger partial charge on any atom is 0.311 e. The maximum absolute atomic E-state index is 12.2. The second kappa shape index (κ2) is 6.94. The summed E-state index contributed by atoms with van der Waals surface area (Å²) in [7, 11) is 0. The molecule has 1 aromatic rings. The number of carbonyl (C=O) groups is 2. The minimum Gasteiger partial charge on any atom is -0.481 e. The first kappa shape index (κ1) is 16.4. The fraction of sp³-hybridized carbons (Fsp3) is 0.667. The first-order valence-corrected chi connectivity index (χ1v) is 8.65. The van der Waals surface area contributed by atoms with Gasteiger partial charge in [0.25, 0.3) is 5.91 Å². The van der Waals surface area contributed by atoms with E-state index in [0.717, 1.165) is 24.5 Å². The molecular formula is C15H20N2O5S. The van der Waals surface area contributed by atoms with Crippen LogP contribution in [0, 0.1) is 5.41 Å². The Labute approximate surface area is 138 Å². The van der Waals surface area contributed by atoms with E-state index in [4.69, 9.17) is 9.47 Å². The third-order valence-electron chi connectivity index (χ3n) is 4.45. The van der Waals surface area contributed by atoms with Crippen molar-refractivity contribution in [3.05, 3.63) is 16.1 Å². The predicted octanol–water partition coefficient (Wildman–Crippen LogP) is 1.61. The zero-order valence-electron chi connectivity index (χ0n) is 12.7. The molecule has 7 nitrogen and oxygen atoms in total. The van der Waals surface area contributed by atoms with Gasteiger partial charge in [-0.3, -0.25) is 9.59 Å². The van der Waals surface area contributed by atoms with Crippen molar-refractivity contribution in [2.24, 2.45) is 5.41 Å². The second-order valence-corrected chi connectivity index (χ2v) is 6.84. The van der Waals surface area contributed by atoms with Gasteiger partial charge in [-0.2, -0.15) is 0 Å². The molecule has 0 radical (unpaired) electrons. The first-order valence-electron chi connectivity index (χ1n) is 7.77. The molecule has 2 saturated heterocycles. The third-order valence-corrected chi connectivity index (χ3v) is 5.39. The van der Waals surface area contributed by atoms with Crippen LogP contribution in [0.3, 0.4) is 0 Å². The van der Waals surface area contributed by atoms with Crippen molar-refractivity contribution in [1.29, 1.82) is 0 Å². The van der Waals surface area contributed by atoms with Crippen molar-refractivity contribution in [1.82, 2.24) is 10.3 Å². The summed E-state index contributed by atoms with van der Waals surface area (Å²) < 4.78 is 10.8. The molecule has 2 N–H and O–H groups in total. The normalized spacial score (nSPS) is 23.6. The van der Waals surface area contributed by atoms with Gasteiger partial charge in [0, 0.05) is 31.7 Å². The van der Waals surface area contributed by atoms with Gasteiger partial charge < -0.3 is 19.9 Å². The number of carboxylic acid groups (broad SMARTS) is 1. The number of nitrogens with one attached hydrogen (secondary N) is 1. The van der Waals surface area contributed by atoms with Crippen LogP contribution in [0.2, 0.25) is 0 Å². The molecule has 3 rings (SSSR count). The van der Waals surface area contributed by atoms with Gasteiger partial charge in [-0.15, -0.1) is 11.3 Å². The Balaban J connectivity index is 1.61. The van der Waals surface area contributed by atoms with E-state index in [1.807, 2.05) is 0 Å². The van der Waals surface area contributed by atoms with E-state index < -0.39 is 11.4 Å². The lowest BCUT2D eigenvalue weighted by atomic mass is 9.80. The van der Waals surface area contributed by atoms with Gasteiger partial charge in [0.1, 0.15) is 16.8 Å². The van der Waals surface area contributed by atoms with E-state index in [1.165, 1.54) is 11.3 Å². The van der Waals surface area contributed by atoms with Crippen LogP contribution in [0.4, 0.5) is 0 Å². The molecule has 23 heavy (non-hydrogen) atoms. The molecule has 126 valence electrons. The molecule has 0 aromatic carbocycles. The van der Waals surface area contributed by atoms with Gasteiger partial charge in [0.15, 0.2) is 0 Å². The summed E-state index contributed by atoms with van der Waals surface area (Å²) in [5.74, 6) is -1.22. The average Bonchev–Trinajstić information content (AvgIpc) is 3.24. The summed E-state index contributed by atoms with van der Waals surface area (Å²) in [4.78, 5) is 28.1. The fourth-order valence-corrected chi connectivity index (χ4v) is 3.76. The summed E-state index contributed by atoms with van der Waals surface area (Å²) in [6, 6.07) is 0. The average molecular weight is 340 g/mol. The van der Waals surface area contributed by atoms with E-state index in [0.29, 0.717) is 31.7 Å². The number of nitrogens with zero attached hydrogens (tertiary/aromatic N) is 1. The lowest BCUT2D eigenvalue weighted by Gasteiger charge is -2.32. The molecule has 3 heterocycles. The minimum absolute atomic E-state index is 0.0117. The summed E-state index contributed by atoms with van der Waals surface area (Å²) in [5.41, 5.74) is -0.616. The highest BCUT2D eigenvalue weighted by atomic mass is 32.1. The van der Waals surface area contributed by atoms with Gasteiger partial charge in [0.2, 0.25) is 0 Å². The summed E-state index contributed by atoms with van der Waals surface area (Å²) >= 11 is 1.41.